The molecule has 5 heteroatoms. The molecular weight excluding hydrogens is 318 g/mol. The predicted molar refractivity (Wildman–Crippen MR) is 88.0 cm³/mol. The largest absolute Gasteiger partial charge is 0.398 e. The smallest absolute Gasteiger partial charge is 0.251 e. The van der Waals surface area contributed by atoms with Gasteiger partial charge >= 0.3 is 0 Å². The minimum Gasteiger partial charge on any atom is -0.398 e. The van der Waals surface area contributed by atoms with Gasteiger partial charge in [0.05, 0.1) is 0 Å². The molecule has 0 aromatic heterocycles. The van der Waals surface area contributed by atoms with Crippen LogP contribution in [0.5, 0.6) is 0 Å². The summed E-state index contributed by atoms with van der Waals surface area (Å²) < 4.78 is 0.824. The summed E-state index contributed by atoms with van der Waals surface area (Å²) in [6.07, 6.45) is 0.933. The number of benzene rings is 1. The summed E-state index contributed by atoms with van der Waals surface area (Å²) in [5, 5.41) is 2.95. The lowest BCUT2D eigenvalue weighted by molar-refractivity contribution is 0.0951. The highest BCUT2D eigenvalue weighted by molar-refractivity contribution is 9.10. The van der Waals surface area contributed by atoms with E-state index in [0.717, 1.165) is 23.0 Å². The lowest BCUT2D eigenvalue weighted by atomic mass is 10.1. The van der Waals surface area contributed by atoms with E-state index in [9.17, 15) is 4.79 Å². The Hall–Kier alpha value is -1.07. The number of hydrogen-bond donors (Lipinski definition) is 2. The fraction of sp³-hybridized carbons (Fsp3) is 0.533. The van der Waals surface area contributed by atoms with Gasteiger partial charge in [-0.1, -0.05) is 15.9 Å². The summed E-state index contributed by atoms with van der Waals surface area (Å²) in [7, 11) is 2.09. The van der Waals surface area contributed by atoms with Crippen LogP contribution < -0.4 is 11.1 Å². The molecule has 3 N–H and O–H groups in total. The molecule has 0 aliphatic carbocycles. The van der Waals surface area contributed by atoms with Crippen LogP contribution in [0.3, 0.4) is 0 Å². The average molecular weight is 342 g/mol. The van der Waals surface area contributed by atoms with Gasteiger partial charge in [-0.25, -0.2) is 0 Å². The highest BCUT2D eigenvalue weighted by Crippen LogP contribution is 2.22. The van der Waals surface area contributed by atoms with Crippen LogP contribution in [0.15, 0.2) is 16.6 Å². The lowest BCUT2D eigenvalue weighted by Crippen LogP contribution is -2.31. The number of nitrogen functional groups attached to an aromatic ring is 1. The number of carbonyl (C=O) groups excluding carboxylic acids is 1. The molecule has 0 fully saturated rings. The van der Waals surface area contributed by atoms with Gasteiger partial charge in [-0.3, -0.25) is 4.79 Å². The number of rotatable bonds is 6. The Morgan fingerprint density at radius 3 is 2.70 bits per heavy atom. The number of nitrogens with zero attached hydrogens (tertiary/aromatic N) is 1. The minimum absolute atomic E-state index is 0.0669. The van der Waals surface area contributed by atoms with E-state index in [0.29, 0.717) is 23.8 Å². The Morgan fingerprint density at radius 1 is 1.45 bits per heavy atom. The second-order valence-electron chi connectivity index (χ2n) is 5.35. The van der Waals surface area contributed by atoms with Crippen LogP contribution in [0.1, 0.15) is 36.2 Å². The molecule has 1 amide bonds. The van der Waals surface area contributed by atoms with Crippen LogP contribution in [0.25, 0.3) is 0 Å². The van der Waals surface area contributed by atoms with Crippen molar-refractivity contribution in [2.24, 2.45) is 0 Å². The van der Waals surface area contributed by atoms with Crippen LogP contribution in [-0.2, 0) is 0 Å². The minimum atomic E-state index is -0.0669. The number of nitrogens with two attached hydrogens (primary N) is 1. The fourth-order valence-electron chi connectivity index (χ4n) is 1.82. The molecule has 0 heterocycles. The van der Waals surface area contributed by atoms with Crippen molar-refractivity contribution >= 4 is 27.5 Å². The molecule has 0 saturated heterocycles. The first-order chi connectivity index (χ1) is 9.32. The van der Waals surface area contributed by atoms with E-state index in [4.69, 9.17) is 5.73 Å². The van der Waals surface area contributed by atoms with Gasteiger partial charge in [0.15, 0.2) is 0 Å². The third-order valence-corrected chi connectivity index (χ3v) is 3.97. The predicted octanol–water partition coefficient (Wildman–Crippen LogP) is 2.80. The second kappa shape index (κ2) is 7.64. The van der Waals surface area contributed by atoms with Gasteiger partial charge in [-0.15, -0.1) is 0 Å². The Bertz CT molecular complexity index is 474. The van der Waals surface area contributed by atoms with E-state index >= 15 is 0 Å². The third kappa shape index (κ3) is 4.80. The molecule has 4 nitrogen and oxygen atoms in total. The van der Waals surface area contributed by atoms with Gasteiger partial charge in [-0.2, -0.15) is 0 Å². The normalized spacial score (nSPS) is 11.2. The van der Waals surface area contributed by atoms with E-state index in [-0.39, 0.29) is 5.91 Å². The van der Waals surface area contributed by atoms with Crippen molar-refractivity contribution in [1.29, 1.82) is 0 Å². The molecule has 20 heavy (non-hydrogen) atoms. The Labute approximate surface area is 129 Å². The number of halogens is 1. The van der Waals surface area contributed by atoms with Gasteiger partial charge in [0, 0.05) is 28.3 Å². The lowest BCUT2D eigenvalue weighted by Gasteiger charge is -2.20. The van der Waals surface area contributed by atoms with E-state index in [1.165, 1.54) is 0 Å². The molecule has 1 aromatic rings. The molecule has 0 spiro atoms. The first-order valence-electron chi connectivity index (χ1n) is 6.87. The SMILES string of the molecule is Cc1c(N)cc(Br)cc1C(=O)NCCCN(C)C(C)C. The zero-order valence-electron chi connectivity index (χ0n) is 12.7. The summed E-state index contributed by atoms with van der Waals surface area (Å²) in [6, 6.07) is 4.14. The molecule has 0 aliphatic heterocycles. The molecule has 0 radical (unpaired) electrons. The maximum absolute atomic E-state index is 12.1. The number of carbonyl (C=O) groups is 1. The number of hydrogen-bond acceptors (Lipinski definition) is 3. The first-order valence-corrected chi connectivity index (χ1v) is 7.66. The van der Waals surface area contributed by atoms with Crippen molar-refractivity contribution in [2.75, 3.05) is 25.9 Å². The van der Waals surface area contributed by atoms with Crippen molar-refractivity contribution in [1.82, 2.24) is 10.2 Å². The molecule has 1 rings (SSSR count). The van der Waals surface area contributed by atoms with Gasteiger partial charge in [0.25, 0.3) is 5.91 Å². The van der Waals surface area contributed by atoms with Crippen LogP contribution in [0.2, 0.25) is 0 Å². The Balaban J connectivity index is 2.52. The van der Waals surface area contributed by atoms with E-state index in [1.54, 1.807) is 6.07 Å². The standard InChI is InChI=1S/C15H24BrN3O/c1-10(2)19(4)7-5-6-18-15(20)13-8-12(16)9-14(17)11(13)3/h8-10H,5-7,17H2,1-4H3,(H,18,20). The highest BCUT2D eigenvalue weighted by atomic mass is 79.9. The zero-order chi connectivity index (χ0) is 15.3. The first kappa shape index (κ1) is 17.0. The quantitative estimate of drug-likeness (QED) is 0.617. The summed E-state index contributed by atoms with van der Waals surface area (Å²) >= 11 is 3.37. The fourth-order valence-corrected chi connectivity index (χ4v) is 2.30. The number of anilines is 1. The molecule has 112 valence electrons. The molecule has 0 aliphatic rings. The molecular formula is C15H24BrN3O. The monoisotopic (exact) mass is 341 g/mol. The topological polar surface area (TPSA) is 58.4 Å². The van der Waals surface area contributed by atoms with Crippen LogP contribution in [0.4, 0.5) is 5.69 Å². The summed E-state index contributed by atoms with van der Waals surface area (Å²) in [5.74, 6) is -0.0669. The van der Waals surface area contributed by atoms with Crippen LogP contribution in [0, 0.1) is 6.92 Å². The van der Waals surface area contributed by atoms with Crippen molar-refractivity contribution in [3.05, 3.63) is 27.7 Å². The van der Waals surface area contributed by atoms with E-state index in [2.05, 4.69) is 47.0 Å². The number of amides is 1. The molecule has 0 bridgehead atoms. The summed E-state index contributed by atoms with van der Waals surface area (Å²) in [5.41, 5.74) is 7.96. The Morgan fingerprint density at radius 2 is 2.10 bits per heavy atom. The number of nitrogens with one attached hydrogen (secondary N) is 1. The maximum atomic E-state index is 12.1. The van der Waals surface area contributed by atoms with Crippen molar-refractivity contribution in [3.63, 3.8) is 0 Å². The average Bonchev–Trinajstić information content (AvgIpc) is 2.38. The van der Waals surface area contributed by atoms with Crippen LogP contribution >= 0.6 is 15.9 Å². The van der Waals surface area contributed by atoms with Gasteiger partial charge in [0.1, 0.15) is 0 Å². The van der Waals surface area contributed by atoms with Gasteiger partial charge in [0.2, 0.25) is 0 Å². The van der Waals surface area contributed by atoms with Gasteiger partial charge in [-0.05, 0) is 58.5 Å². The van der Waals surface area contributed by atoms with Crippen molar-refractivity contribution in [2.45, 2.75) is 33.2 Å². The molecule has 0 saturated carbocycles. The zero-order valence-corrected chi connectivity index (χ0v) is 14.3. The van der Waals surface area contributed by atoms with Gasteiger partial charge < -0.3 is 16.0 Å². The molecule has 0 unspecified atom stereocenters. The molecule has 0 atom stereocenters. The van der Waals surface area contributed by atoms with E-state index < -0.39 is 0 Å². The van der Waals surface area contributed by atoms with Crippen molar-refractivity contribution < 1.29 is 4.79 Å². The highest BCUT2D eigenvalue weighted by Gasteiger charge is 2.12. The van der Waals surface area contributed by atoms with Crippen LogP contribution in [-0.4, -0.2) is 37.0 Å². The van der Waals surface area contributed by atoms with E-state index in [1.807, 2.05) is 13.0 Å². The summed E-state index contributed by atoms with van der Waals surface area (Å²) in [4.78, 5) is 14.4. The molecule has 1 aromatic carbocycles. The van der Waals surface area contributed by atoms with Crippen molar-refractivity contribution in [3.8, 4) is 0 Å². The Kier molecular flexibility index (Phi) is 6.49. The second-order valence-corrected chi connectivity index (χ2v) is 6.27. The summed E-state index contributed by atoms with van der Waals surface area (Å²) in [6.45, 7) is 7.82. The third-order valence-electron chi connectivity index (χ3n) is 3.51. The maximum Gasteiger partial charge on any atom is 0.251 e.